The fourth-order valence-electron chi connectivity index (χ4n) is 2.19. The molecule has 0 spiro atoms. The van der Waals surface area contributed by atoms with Crippen molar-refractivity contribution in [3.05, 3.63) is 64.4 Å². The summed E-state index contributed by atoms with van der Waals surface area (Å²) in [5.74, 6) is 0.751. The Labute approximate surface area is 131 Å². The zero-order valence-electron chi connectivity index (χ0n) is 11.1. The van der Waals surface area contributed by atoms with Gasteiger partial charge in [0.25, 0.3) is 0 Å². The lowest BCUT2D eigenvalue weighted by atomic mass is 9.93. The van der Waals surface area contributed by atoms with Crippen LogP contribution in [-0.2, 0) is 6.42 Å². The number of benzene rings is 2. The van der Waals surface area contributed by atoms with Gasteiger partial charge in [0, 0.05) is 10.4 Å². The first-order valence-electron chi connectivity index (χ1n) is 6.28. The van der Waals surface area contributed by atoms with Crippen LogP contribution in [0.2, 0.25) is 5.02 Å². The normalized spacial score (nSPS) is 12.2. The first kappa shape index (κ1) is 15.3. The van der Waals surface area contributed by atoms with Gasteiger partial charge in [0.05, 0.1) is 7.11 Å². The monoisotopic (exact) mass is 356 g/mol. The van der Waals surface area contributed by atoms with Crippen LogP contribution >= 0.6 is 27.5 Å². The number of alkyl halides is 1. The van der Waals surface area contributed by atoms with Crippen LogP contribution in [0, 0.1) is 5.82 Å². The van der Waals surface area contributed by atoms with Gasteiger partial charge in [-0.15, -0.1) is 0 Å². The number of methoxy groups -OCH3 is 1. The first-order valence-corrected chi connectivity index (χ1v) is 7.78. The van der Waals surface area contributed by atoms with Crippen molar-refractivity contribution in [1.29, 1.82) is 0 Å². The predicted molar refractivity (Wildman–Crippen MR) is 84.6 cm³/mol. The van der Waals surface area contributed by atoms with E-state index in [1.165, 1.54) is 6.07 Å². The molecule has 2 rings (SSSR count). The highest BCUT2D eigenvalue weighted by Crippen LogP contribution is 2.30. The van der Waals surface area contributed by atoms with Crippen molar-refractivity contribution in [1.82, 2.24) is 0 Å². The minimum atomic E-state index is -0.216. The van der Waals surface area contributed by atoms with Crippen molar-refractivity contribution in [2.75, 3.05) is 12.4 Å². The molecule has 1 nitrogen and oxygen atoms in total. The summed E-state index contributed by atoms with van der Waals surface area (Å²) in [5.41, 5.74) is 1.98. The number of hydrogen-bond donors (Lipinski definition) is 0. The topological polar surface area (TPSA) is 9.23 Å². The van der Waals surface area contributed by atoms with Gasteiger partial charge in [-0.1, -0.05) is 39.7 Å². The van der Waals surface area contributed by atoms with Crippen molar-refractivity contribution in [3.63, 3.8) is 0 Å². The Hall–Kier alpha value is -1.06. The van der Waals surface area contributed by atoms with Crippen molar-refractivity contribution < 1.29 is 9.13 Å². The number of hydrogen-bond acceptors (Lipinski definition) is 1. The minimum Gasteiger partial charge on any atom is -0.496 e. The van der Waals surface area contributed by atoms with Crippen LogP contribution in [-0.4, -0.2) is 12.4 Å². The van der Waals surface area contributed by atoms with E-state index in [9.17, 15) is 4.39 Å². The summed E-state index contributed by atoms with van der Waals surface area (Å²) < 4.78 is 18.7. The number of rotatable bonds is 5. The third-order valence-corrected chi connectivity index (χ3v) is 4.23. The highest BCUT2D eigenvalue weighted by molar-refractivity contribution is 9.09. The molecule has 0 amide bonds. The molecule has 1 unspecified atom stereocenters. The van der Waals surface area contributed by atoms with E-state index in [1.54, 1.807) is 25.3 Å². The van der Waals surface area contributed by atoms with Crippen molar-refractivity contribution in [2.45, 2.75) is 12.3 Å². The summed E-state index contributed by atoms with van der Waals surface area (Å²) in [6.07, 6.45) is 0.735. The van der Waals surface area contributed by atoms with Crippen LogP contribution in [0.4, 0.5) is 4.39 Å². The maximum absolute atomic E-state index is 13.4. The van der Waals surface area contributed by atoms with Crippen LogP contribution in [0.15, 0.2) is 42.5 Å². The molecule has 106 valence electrons. The first-order chi connectivity index (χ1) is 9.63. The molecular formula is C16H15BrClFO. The van der Waals surface area contributed by atoms with Gasteiger partial charge in [-0.2, -0.15) is 0 Å². The molecule has 2 aromatic carbocycles. The maximum Gasteiger partial charge on any atom is 0.123 e. The molecule has 0 saturated heterocycles. The second-order valence-corrected chi connectivity index (χ2v) is 5.65. The highest BCUT2D eigenvalue weighted by atomic mass is 79.9. The highest BCUT2D eigenvalue weighted by Gasteiger charge is 2.15. The lowest BCUT2D eigenvalue weighted by Crippen LogP contribution is -2.06. The zero-order valence-corrected chi connectivity index (χ0v) is 13.4. The van der Waals surface area contributed by atoms with E-state index in [1.807, 2.05) is 18.2 Å². The Balaban J connectivity index is 2.28. The third kappa shape index (κ3) is 3.74. The average Bonchev–Trinajstić information content (AvgIpc) is 2.45. The Morgan fingerprint density at radius 3 is 2.70 bits per heavy atom. The van der Waals surface area contributed by atoms with E-state index in [0.29, 0.717) is 5.02 Å². The second kappa shape index (κ2) is 7.09. The van der Waals surface area contributed by atoms with Gasteiger partial charge in [-0.05, 0) is 53.8 Å². The van der Waals surface area contributed by atoms with E-state index in [4.69, 9.17) is 16.3 Å². The summed E-state index contributed by atoms with van der Waals surface area (Å²) in [4.78, 5) is 0. The van der Waals surface area contributed by atoms with Crippen LogP contribution in [0.5, 0.6) is 5.75 Å². The van der Waals surface area contributed by atoms with Gasteiger partial charge in [-0.25, -0.2) is 4.39 Å². The van der Waals surface area contributed by atoms with Crippen LogP contribution < -0.4 is 4.74 Å². The lowest BCUT2D eigenvalue weighted by molar-refractivity contribution is 0.408. The van der Waals surface area contributed by atoms with Gasteiger partial charge in [0.15, 0.2) is 0 Å². The Kier molecular flexibility index (Phi) is 5.44. The molecule has 0 saturated carbocycles. The van der Waals surface area contributed by atoms with E-state index < -0.39 is 0 Å². The molecule has 2 aromatic rings. The SMILES string of the molecule is COc1ccc(Cl)cc1CC(CBr)c1cccc(F)c1. The molecule has 0 aliphatic rings. The molecule has 0 aliphatic heterocycles. The molecule has 0 aliphatic carbocycles. The average molecular weight is 358 g/mol. The van der Waals surface area contributed by atoms with Crippen molar-refractivity contribution >= 4 is 27.5 Å². The smallest absolute Gasteiger partial charge is 0.123 e. The molecule has 0 aromatic heterocycles. The van der Waals surface area contributed by atoms with E-state index in [0.717, 1.165) is 28.6 Å². The summed E-state index contributed by atoms with van der Waals surface area (Å²) in [7, 11) is 1.64. The summed E-state index contributed by atoms with van der Waals surface area (Å²) in [5, 5.41) is 1.42. The van der Waals surface area contributed by atoms with Crippen LogP contribution in [0.25, 0.3) is 0 Å². The fraction of sp³-hybridized carbons (Fsp3) is 0.250. The molecule has 1 atom stereocenters. The van der Waals surface area contributed by atoms with Crippen molar-refractivity contribution in [3.8, 4) is 5.75 Å². The molecular weight excluding hydrogens is 343 g/mol. The van der Waals surface area contributed by atoms with Gasteiger partial charge < -0.3 is 4.74 Å². The number of ether oxygens (including phenoxy) is 1. The Morgan fingerprint density at radius 1 is 1.25 bits per heavy atom. The minimum absolute atomic E-state index is 0.165. The van der Waals surface area contributed by atoms with Gasteiger partial charge >= 0.3 is 0 Å². The predicted octanol–water partition coefficient (Wildman–Crippen LogP) is 5.21. The lowest BCUT2D eigenvalue weighted by Gasteiger charge is -2.17. The van der Waals surface area contributed by atoms with Gasteiger partial charge in [0.2, 0.25) is 0 Å². The van der Waals surface area contributed by atoms with Crippen molar-refractivity contribution in [2.24, 2.45) is 0 Å². The Bertz CT molecular complexity index is 588. The van der Waals surface area contributed by atoms with Gasteiger partial charge in [0.1, 0.15) is 11.6 Å². The zero-order chi connectivity index (χ0) is 14.5. The van der Waals surface area contributed by atoms with Crippen LogP contribution in [0.3, 0.4) is 0 Å². The molecule has 0 heterocycles. The molecule has 0 radical (unpaired) electrons. The largest absolute Gasteiger partial charge is 0.496 e. The summed E-state index contributed by atoms with van der Waals surface area (Å²) in [6.45, 7) is 0. The van der Waals surface area contributed by atoms with E-state index in [2.05, 4.69) is 15.9 Å². The van der Waals surface area contributed by atoms with E-state index in [-0.39, 0.29) is 11.7 Å². The van der Waals surface area contributed by atoms with Gasteiger partial charge in [-0.3, -0.25) is 0 Å². The molecule has 4 heteroatoms. The third-order valence-electron chi connectivity index (χ3n) is 3.22. The summed E-state index contributed by atoms with van der Waals surface area (Å²) in [6, 6.07) is 12.2. The van der Waals surface area contributed by atoms with E-state index >= 15 is 0 Å². The fourth-order valence-corrected chi connectivity index (χ4v) is 2.99. The standard InChI is InChI=1S/C16H15BrClFO/c1-20-16-6-5-14(18)8-12(16)7-13(10-17)11-3-2-4-15(19)9-11/h2-6,8-9,13H,7,10H2,1H3. The maximum atomic E-state index is 13.4. The molecule has 0 bridgehead atoms. The summed E-state index contributed by atoms with van der Waals surface area (Å²) >= 11 is 9.55. The Morgan fingerprint density at radius 2 is 2.05 bits per heavy atom. The molecule has 0 N–H and O–H groups in total. The quantitative estimate of drug-likeness (QED) is 0.668. The second-order valence-electron chi connectivity index (χ2n) is 4.57. The van der Waals surface area contributed by atoms with Crippen LogP contribution in [0.1, 0.15) is 17.0 Å². The molecule has 20 heavy (non-hydrogen) atoms. The molecule has 0 fully saturated rings. The number of halogens is 3.